The summed E-state index contributed by atoms with van der Waals surface area (Å²) in [5.74, 6) is 0.691. The molecule has 1 N–H and O–H groups in total. The minimum absolute atomic E-state index is 0.00952. The molecule has 1 aromatic rings. The Balaban J connectivity index is 2.27. The fourth-order valence-corrected chi connectivity index (χ4v) is 2.86. The number of aromatic nitrogens is 2. The van der Waals surface area contributed by atoms with E-state index in [4.69, 9.17) is 12.6 Å². The number of hydrogen-bond acceptors (Lipinski definition) is 3. The van der Waals surface area contributed by atoms with Gasteiger partial charge in [-0.2, -0.15) is 0 Å². The van der Waals surface area contributed by atoms with E-state index in [0.717, 1.165) is 6.42 Å². The van der Waals surface area contributed by atoms with Crippen LogP contribution in [0, 0.1) is 5.41 Å². The van der Waals surface area contributed by atoms with Crippen LogP contribution in [-0.2, 0) is 4.74 Å². The Hall–Kier alpha value is -0.975. The molecule has 5 nitrogen and oxygen atoms in total. The zero-order valence-corrected chi connectivity index (χ0v) is 14.7. The lowest BCUT2D eigenvalue weighted by Crippen LogP contribution is -2.37. The van der Waals surface area contributed by atoms with Crippen molar-refractivity contribution in [1.29, 1.82) is 0 Å². The van der Waals surface area contributed by atoms with Crippen molar-refractivity contribution >= 4 is 35.5 Å². The number of hydrogen-bond donors (Lipinski definition) is 1. The lowest BCUT2D eigenvalue weighted by molar-refractivity contribution is 0.0207. The number of halogens is 1. The third-order valence-corrected chi connectivity index (χ3v) is 3.97. The maximum atomic E-state index is 12.4. The molecular formula is C14H21BBrN3O2. The standard InChI is InChI=1S/C14H21BBrN3O2/c1-13(2,3)21-12(20)19-7-14(4,5)6-8(19)11-17-9(15)10(16)18-11/h8H,6-7H2,1-5H3,(H,17,18). The van der Waals surface area contributed by atoms with E-state index in [1.165, 1.54) is 0 Å². The van der Waals surface area contributed by atoms with E-state index in [-0.39, 0.29) is 17.6 Å². The second kappa shape index (κ2) is 5.34. The smallest absolute Gasteiger partial charge is 0.410 e. The largest absolute Gasteiger partial charge is 0.444 e. The highest BCUT2D eigenvalue weighted by Crippen LogP contribution is 2.42. The average molecular weight is 354 g/mol. The second-order valence-corrected chi connectivity index (χ2v) is 8.07. The van der Waals surface area contributed by atoms with Gasteiger partial charge in [-0.05, 0) is 54.1 Å². The molecule has 7 heteroatoms. The summed E-state index contributed by atoms with van der Waals surface area (Å²) in [5.41, 5.74) is -0.0360. The van der Waals surface area contributed by atoms with Gasteiger partial charge in [-0.3, -0.25) is 4.90 Å². The van der Waals surface area contributed by atoms with Gasteiger partial charge in [-0.25, -0.2) is 9.78 Å². The third kappa shape index (κ3) is 3.81. The quantitative estimate of drug-likeness (QED) is 0.789. The molecule has 1 unspecified atom stereocenters. The second-order valence-electron chi connectivity index (χ2n) is 7.32. The average Bonchev–Trinajstić information content (AvgIpc) is 2.77. The van der Waals surface area contributed by atoms with Gasteiger partial charge in [-0.1, -0.05) is 13.8 Å². The monoisotopic (exact) mass is 353 g/mol. The molecule has 1 aliphatic rings. The van der Waals surface area contributed by atoms with Gasteiger partial charge in [0.25, 0.3) is 0 Å². The summed E-state index contributed by atoms with van der Waals surface area (Å²) in [6.07, 6.45) is 0.496. The van der Waals surface area contributed by atoms with E-state index < -0.39 is 5.60 Å². The SMILES string of the molecule is [B]c1[nH]c(C2CC(C)(C)CN2C(=O)OC(C)(C)C)nc1Br. The molecule has 0 spiro atoms. The molecule has 0 saturated carbocycles. The summed E-state index contributed by atoms with van der Waals surface area (Å²) < 4.78 is 6.08. The predicted octanol–water partition coefficient (Wildman–Crippen LogP) is 2.67. The van der Waals surface area contributed by atoms with Crippen molar-refractivity contribution in [2.24, 2.45) is 5.41 Å². The first-order valence-corrected chi connectivity index (χ1v) is 7.78. The molecule has 1 aromatic heterocycles. The molecular weight excluding hydrogens is 333 g/mol. The summed E-state index contributed by atoms with van der Waals surface area (Å²) >= 11 is 3.30. The lowest BCUT2D eigenvalue weighted by atomic mass is 9.90. The highest BCUT2D eigenvalue weighted by atomic mass is 79.9. The van der Waals surface area contributed by atoms with Gasteiger partial charge >= 0.3 is 6.09 Å². The Morgan fingerprint density at radius 1 is 1.52 bits per heavy atom. The summed E-state index contributed by atoms with van der Waals surface area (Å²) in [6, 6.07) is -0.150. The van der Waals surface area contributed by atoms with E-state index in [9.17, 15) is 4.79 Å². The van der Waals surface area contributed by atoms with Crippen LogP contribution < -0.4 is 5.59 Å². The van der Waals surface area contributed by atoms with Crippen molar-refractivity contribution < 1.29 is 9.53 Å². The fraction of sp³-hybridized carbons (Fsp3) is 0.714. The third-order valence-electron chi connectivity index (χ3n) is 3.37. The van der Waals surface area contributed by atoms with Crippen LogP contribution in [0.3, 0.4) is 0 Å². The van der Waals surface area contributed by atoms with Crippen molar-refractivity contribution in [2.45, 2.75) is 52.7 Å². The van der Waals surface area contributed by atoms with Crippen LogP contribution in [0.25, 0.3) is 0 Å². The van der Waals surface area contributed by atoms with E-state index in [1.54, 1.807) is 4.90 Å². The number of H-pyrrole nitrogens is 1. The zero-order chi connectivity index (χ0) is 16.0. The molecule has 1 fully saturated rings. The Kier molecular flexibility index (Phi) is 4.17. The van der Waals surface area contributed by atoms with Crippen molar-refractivity contribution in [2.75, 3.05) is 6.54 Å². The molecule has 0 aliphatic carbocycles. The Bertz CT molecular complexity index is 531. The first-order chi connectivity index (χ1) is 9.48. The minimum Gasteiger partial charge on any atom is -0.444 e. The van der Waals surface area contributed by atoms with Gasteiger partial charge in [0.05, 0.1) is 6.04 Å². The van der Waals surface area contributed by atoms with E-state index in [0.29, 0.717) is 22.6 Å². The zero-order valence-electron chi connectivity index (χ0n) is 13.2. The van der Waals surface area contributed by atoms with E-state index in [1.807, 2.05) is 20.8 Å². The van der Waals surface area contributed by atoms with Crippen molar-refractivity contribution in [3.63, 3.8) is 0 Å². The normalized spacial score (nSPS) is 21.6. The molecule has 21 heavy (non-hydrogen) atoms. The van der Waals surface area contributed by atoms with Crippen LogP contribution >= 0.6 is 15.9 Å². The number of rotatable bonds is 1. The highest BCUT2D eigenvalue weighted by Gasteiger charge is 2.43. The van der Waals surface area contributed by atoms with Crippen LogP contribution in [0.1, 0.15) is 52.9 Å². The number of carbonyl (C=O) groups excluding carboxylic acids is 1. The number of nitrogens with zero attached hydrogens (tertiary/aromatic N) is 2. The number of likely N-dealkylation sites (tertiary alicyclic amines) is 1. The van der Waals surface area contributed by atoms with Crippen LogP contribution in [0.4, 0.5) is 4.79 Å². The van der Waals surface area contributed by atoms with Crippen molar-refractivity contribution in [3.8, 4) is 0 Å². The topological polar surface area (TPSA) is 58.2 Å². The van der Waals surface area contributed by atoms with E-state index >= 15 is 0 Å². The first-order valence-electron chi connectivity index (χ1n) is 6.99. The molecule has 2 radical (unpaired) electrons. The highest BCUT2D eigenvalue weighted by molar-refractivity contribution is 9.10. The number of aromatic amines is 1. The van der Waals surface area contributed by atoms with Gasteiger partial charge in [0, 0.05) is 6.54 Å². The molecule has 2 rings (SSSR count). The molecule has 1 saturated heterocycles. The maximum Gasteiger partial charge on any atom is 0.410 e. The van der Waals surface area contributed by atoms with Gasteiger partial charge < -0.3 is 9.72 Å². The van der Waals surface area contributed by atoms with Gasteiger partial charge in [0.1, 0.15) is 23.9 Å². The number of carbonyl (C=O) groups is 1. The van der Waals surface area contributed by atoms with Crippen LogP contribution in [0.15, 0.2) is 4.60 Å². The summed E-state index contributed by atoms with van der Waals surface area (Å²) in [4.78, 5) is 21.6. The maximum absolute atomic E-state index is 12.4. The Morgan fingerprint density at radius 3 is 2.62 bits per heavy atom. The van der Waals surface area contributed by atoms with Gasteiger partial charge in [0.15, 0.2) is 0 Å². The predicted molar refractivity (Wildman–Crippen MR) is 85.8 cm³/mol. The van der Waals surface area contributed by atoms with Crippen LogP contribution in [-0.4, -0.2) is 41.0 Å². The minimum atomic E-state index is -0.517. The van der Waals surface area contributed by atoms with Gasteiger partial charge in [-0.15, -0.1) is 0 Å². The molecule has 1 atom stereocenters. The number of nitrogens with one attached hydrogen (secondary N) is 1. The Morgan fingerprint density at radius 2 is 2.14 bits per heavy atom. The van der Waals surface area contributed by atoms with Crippen molar-refractivity contribution in [3.05, 3.63) is 10.4 Å². The summed E-state index contributed by atoms with van der Waals surface area (Å²) in [5, 5.41) is 0. The van der Waals surface area contributed by atoms with E-state index in [2.05, 4.69) is 39.7 Å². The fourth-order valence-electron chi connectivity index (χ4n) is 2.57. The van der Waals surface area contributed by atoms with Gasteiger partial charge in [0.2, 0.25) is 0 Å². The lowest BCUT2D eigenvalue weighted by Gasteiger charge is -2.28. The number of ether oxygens (including phenoxy) is 1. The molecule has 0 aromatic carbocycles. The van der Waals surface area contributed by atoms with Crippen LogP contribution in [0.2, 0.25) is 0 Å². The summed E-state index contributed by atoms with van der Waals surface area (Å²) in [7, 11) is 5.80. The molecule has 1 amide bonds. The number of amides is 1. The van der Waals surface area contributed by atoms with Crippen LogP contribution in [0.5, 0.6) is 0 Å². The van der Waals surface area contributed by atoms with Crippen molar-refractivity contribution in [1.82, 2.24) is 14.9 Å². The summed E-state index contributed by atoms with van der Waals surface area (Å²) in [6.45, 7) is 10.5. The first kappa shape index (κ1) is 16.4. The molecule has 114 valence electrons. The molecule has 0 bridgehead atoms. The molecule has 2 heterocycles. The molecule has 1 aliphatic heterocycles. The Labute approximate surface area is 135 Å². The number of imidazole rings is 1.